The SMILES string of the molecule is CCOc1ccccc1C(=O)NCc1ccccc1CN1CCCCC1C. The summed E-state index contributed by atoms with van der Waals surface area (Å²) in [6.07, 6.45) is 3.87. The fourth-order valence-electron chi connectivity index (χ4n) is 3.70. The van der Waals surface area contributed by atoms with Crippen molar-refractivity contribution in [3.8, 4) is 5.75 Å². The number of amides is 1. The molecule has 0 bridgehead atoms. The Morgan fingerprint density at radius 2 is 1.85 bits per heavy atom. The van der Waals surface area contributed by atoms with Gasteiger partial charge in [0.05, 0.1) is 12.2 Å². The third-order valence-electron chi connectivity index (χ3n) is 5.30. The van der Waals surface area contributed by atoms with Gasteiger partial charge in [0.15, 0.2) is 0 Å². The third-order valence-corrected chi connectivity index (χ3v) is 5.30. The number of para-hydroxylation sites is 1. The minimum absolute atomic E-state index is 0.0970. The molecule has 1 N–H and O–H groups in total. The number of nitrogens with zero attached hydrogens (tertiary/aromatic N) is 1. The lowest BCUT2D eigenvalue weighted by Crippen LogP contribution is -2.37. The van der Waals surface area contributed by atoms with Crippen molar-refractivity contribution >= 4 is 5.91 Å². The molecule has 27 heavy (non-hydrogen) atoms. The summed E-state index contributed by atoms with van der Waals surface area (Å²) >= 11 is 0. The number of carbonyl (C=O) groups is 1. The molecule has 1 amide bonds. The summed E-state index contributed by atoms with van der Waals surface area (Å²) in [5.74, 6) is 0.535. The molecular weight excluding hydrogens is 336 g/mol. The molecule has 0 aliphatic carbocycles. The van der Waals surface area contributed by atoms with E-state index in [-0.39, 0.29) is 5.91 Å². The van der Waals surface area contributed by atoms with Gasteiger partial charge in [-0.05, 0) is 56.5 Å². The second kappa shape index (κ2) is 9.56. The number of rotatable bonds is 7. The van der Waals surface area contributed by atoms with Gasteiger partial charge in [-0.25, -0.2) is 0 Å². The summed E-state index contributed by atoms with van der Waals surface area (Å²) in [4.78, 5) is 15.2. The molecule has 0 spiro atoms. The van der Waals surface area contributed by atoms with E-state index in [2.05, 4.69) is 35.3 Å². The summed E-state index contributed by atoms with van der Waals surface area (Å²) in [5.41, 5.74) is 3.06. The number of nitrogens with one attached hydrogen (secondary N) is 1. The van der Waals surface area contributed by atoms with Gasteiger partial charge in [-0.3, -0.25) is 9.69 Å². The van der Waals surface area contributed by atoms with Crippen LogP contribution in [0.3, 0.4) is 0 Å². The van der Waals surface area contributed by atoms with E-state index in [1.54, 1.807) is 0 Å². The van der Waals surface area contributed by atoms with Crippen molar-refractivity contribution in [3.63, 3.8) is 0 Å². The Morgan fingerprint density at radius 3 is 2.63 bits per heavy atom. The van der Waals surface area contributed by atoms with E-state index in [4.69, 9.17) is 4.74 Å². The number of piperidine rings is 1. The van der Waals surface area contributed by atoms with Crippen LogP contribution in [-0.2, 0) is 13.1 Å². The van der Waals surface area contributed by atoms with E-state index in [9.17, 15) is 4.79 Å². The van der Waals surface area contributed by atoms with E-state index in [1.807, 2.05) is 37.3 Å². The van der Waals surface area contributed by atoms with Gasteiger partial charge in [0.1, 0.15) is 5.75 Å². The summed E-state index contributed by atoms with van der Waals surface area (Å²) in [7, 11) is 0. The lowest BCUT2D eigenvalue weighted by molar-refractivity contribution is 0.0946. The number of hydrogen-bond donors (Lipinski definition) is 1. The van der Waals surface area contributed by atoms with Crippen LogP contribution in [-0.4, -0.2) is 30.0 Å². The molecule has 1 aliphatic rings. The highest BCUT2D eigenvalue weighted by atomic mass is 16.5. The minimum atomic E-state index is -0.0970. The van der Waals surface area contributed by atoms with Crippen LogP contribution in [0.4, 0.5) is 0 Å². The van der Waals surface area contributed by atoms with Gasteiger partial charge in [0.25, 0.3) is 5.91 Å². The Kier molecular flexibility index (Phi) is 6.88. The predicted octanol–water partition coefficient (Wildman–Crippen LogP) is 4.39. The lowest BCUT2D eigenvalue weighted by Gasteiger charge is -2.33. The maximum atomic E-state index is 12.7. The van der Waals surface area contributed by atoms with E-state index >= 15 is 0 Å². The van der Waals surface area contributed by atoms with Crippen LogP contribution < -0.4 is 10.1 Å². The van der Waals surface area contributed by atoms with Crippen molar-refractivity contribution in [1.29, 1.82) is 0 Å². The van der Waals surface area contributed by atoms with Gasteiger partial charge in [-0.2, -0.15) is 0 Å². The Bertz CT molecular complexity index is 760. The number of ether oxygens (including phenoxy) is 1. The largest absolute Gasteiger partial charge is 0.493 e. The van der Waals surface area contributed by atoms with Crippen LogP contribution in [0, 0.1) is 0 Å². The first-order chi connectivity index (χ1) is 13.2. The van der Waals surface area contributed by atoms with E-state index in [0.717, 1.165) is 13.1 Å². The van der Waals surface area contributed by atoms with Crippen molar-refractivity contribution < 1.29 is 9.53 Å². The zero-order chi connectivity index (χ0) is 19.1. The Labute approximate surface area is 162 Å². The molecule has 2 aromatic rings. The highest BCUT2D eigenvalue weighted by Gasteiger charge is 2.19. The minimum Gasteiger partial charge on any atom is -0.493 e. The monoisotopic (exact) mass is 366 g/mol. The highest BCUT2D eigenvalue weighted by Crippen LogP contribution is 2.21. The van der Waals surface area contributed by atoms with Gasteiger partial charge < -0.3 is 10.1 Å². The highest BCUT2D eigenvalue weighted by molar-refractivity contribution is 5.96. The molecule has 0 radical (unpaired) electrons. The molecule has 3 rings (SSSR count). The fourth-order valence-corrected chi connectivity index (χ4v) is 3.70. The molecule has 1 saturated heterocycles. The van der Waals surface area contributed by atoms with Crippen molar-refractivity contribution in [2.24, 2.45) is 0 Å². The van der Waals surface area contributed by atoms with Gasteiger partial charge >= 0.3 is 0 Å². The van der Waals surface area contributed by atoms with Crippen LogP contribution in [0.25, 0.3) is 0 Å². The first-order valence-electron chi connectivity index (χ1n) is 10.00. The molecule has 1 heterocycles. The first kappa shape index (κ1) is 19.4. The Morgan fingerprint density at radius 1 is 1.11 bits per heavy atom. The standard InChI is InChI=1S/C23H30N2O2/c1-3-27-22-14-7-6-13-21(22)23(26)24-16-19-11-4-5-12-20(19)17-25-15-9-8-10-18(25)2/h4-7,11-14,18H,3,8-10,15-17H2,1-2H3,(H,24,26). The van der Waals surface area contributed by atoms with Gasteiger partial charge in [-0.15, -0.1) is 0 Å². The summed E-state index contributed by atoms with van der Waals surface area (Å²) in [6.45, 7) is 7.41. The maximum absolute atomic E-state index is 12.7. The lowest BCUT2D eigenvalue weighted by atomic mass is 10.0. The normalized spacial score (nSPS) is 17.5. The molecule has 4 heteroatoms. The number of benzene rings is 2. The van der Waals surface area contributed by atoms with Crippen LogP contribution in [0.15, 0.2) is 48.5 Å². The maximum Gasteiger partial charge on any atom is 0.255 e. The zero-order valence-corrected chi connectivity index (χ0v) is 16.4. The van der Waals surface area contributed by atoms with Gasteiger partial charge in [0, 0.05) is 19.1 Å². The average Bonchev–Trinajstić information content (AvgIpc) is 2.69. The topological polar surface area (TPSA) is 41.6 Å². The fraction of sp³-hybridized carbons (Fsp3) is 0.435. The molecule has 2 aromatic carbocycles. The molecule has 0 saturated carbocycles. The van der Waals surface area contributed by atoms with Gasteiger partial charge in [0.2, 0.25) is 0 Å². The first-order valence-corrected chi connectivity index (χ1v) is 10.00. The Balaban J connectivity index is 1.67. The zero-order valence-electron chi connectivity index (χ0n) is 16.4. The van der Waals surface area contributed by atoms with Crippen LogP contribution in [0.2, 0.25) is 0 Å². The van der Waals surface area contributed by atoms with Crippen LogP contribution in [0.5, 0.6) is 5.75 Å². The molecule has 144 valence electrons. The average molecular weight is 367 g/mol. The molecular formula is C23H30N2O2. The number of carbonyl (C=O) groups excluding carboxylic acids is 1. The van der Waals surface area contributed by atoms with E-state index in [1.165, 1.54) is 30.4 Å². The Hall–Kier alpha value is -2.33. The number of likely N-dealkylation sites (tertiary alicyclic amines) is 1. The predicted molar refractivity (Wildman–Crippen MR) is 109 cm³/mol. The van der Waals surface area contributed by atoms with Crippen LogP contribution >= 0.6 is 0 Å². The smallest absolute Gasteiger partial charge is 0.255 e. The van der Waals surface area contributed by atoms with E-state index < -0.39 is 0 Å². The van der Waals surface area contributed by atoms with Crippen molar-refractivity contribution in [2.75, 3.05) is 13.2 Å². The van der Waals surface area contributed by atoms with Crippen LogP contribution in [0.1, 0.15) is 54.6 Å². The molecule has 4 nitrogen and oxygen atoms in total. The quantitative estimate of drug-likeness (QED) is 0.790. The summed E-state index contributed by atoms with van der Waals surface area (Å²) < 4.78 is 5.58. The van der Waals surface area contributed by atoms with Crippen molar-refractivity contribution in [1.82, 2.24) is 10.2 Å². The van der Waals surface area contributed by atoms with E-state index in [0.29, 0.717) is 30.5 Å². The molecule has 1 aliphatic heterocycles. The summed E-state index contributed by atoms with van der Waals surface area (Å²) in [6, 6.07) is 16.4. The number of hydrogen-bond acceptors (Lipinski definition) is 3. The molecule has 1 fully saturated rings. The third kappa shape index (κ3) is 5.10. The molecule has 1 atom stereocenters. The van der Waals surface area contributed by atoms with Gasteiger partial charge in [-0.1, -0.05) is 42.8 Å². The van der Waals surface area contributed by atoms with Crippen molar-refractivity contribution in [2.45, 2.75) is 52.2 Å². The molecule has 0 aromatic heterocycles. The summed E-state index contributed by atoms with van der Waals surface area (Å²) in [5, 5.41) is 3.07. The molecule has 1 unspecified atom stereocenters. The van der Waals surface area contributed by atoms with Crippen molar-refractivity contribution in [3.05, 3.63) is 65.2 Å². The second-order valence-electron chi connectivity index (χ2n) is 7.20. The second-order valence-corrected chi connectivity index (χ2v) is 7.20.